The van der Waals surface area contributed by atoms with E-state index in [-0.39, 0.29) is 0 Å². The van der Waals surface area contributed by atoms with E-state index in [0.29, 0.717) is 0 Å². The predicted molar refractivity (Wildman–Crippen MR) is 183 cm³/mol. The van der Waals surface area contributed by atoms with Crippen molar-refractivity contribution in [1.82, 2.24) is 9.97 Å². The van der Waals surface area contributed by atoms with E-state index in [9.17, 15) is 0 Å². The average molecular weight is 589 g/mol. The summed E-state index contributed by atoms with van der Waals surface area (Å²) in [5.41, 5.74) is 5.47. The van der Waals surface area contributed by atoms with E-state index >= 15 is 0 Å². The summed E-state index contributed by atoms with van der Waals surface area (Å²) in [5, 5.41) is 0. The van der Waals surface area contributed by atoms with E-state index in [1.54, 1.807) is 0 Å². The Balaban J connectivity index is 1.47. The number of aromatic nitrogens is 2. The average Bonchev–Trinajstić information content (AvgIpc) is 3.02. The molecule has 2 aromatic heterocycles. The monoisotopic (exact) mass is 589 g/mol. The Morgan fingerprint density at radius 2 is 0.930 bits per heavy atom. The molecule has 0 aromatic carbocycles. The molecule has 43 heavy (non-hydrogen) atoms. The number of ether oxygens (including phenoxy) is 1. The highest BCUT2D eigenvalue weighted by molar-refractivity contribution is 5.36. The molecule has 3 nitrogen and oxygen atoms in total. The Bertz CT molecular complexity index is 965. The standard InChI is InChI=1S/C40H64N2O/c1-5-9-11-15-39-35(25-33-21-17-31(13-7-3)18-22-33)27-37(29-41-39)43-38-28-36(40(42-30-38)16-12-10-6-2)26-34-23-19-32(14-8-4)20-24-34/h27-34H,5-26H2,1-4H3. The van der Waals surface area contributed by atoms with Crippen molar-refractivity contribution in [2.75, 3.05) is 0 Å². The summed E-state index contributed by atoms with van der Waals surface area (Å²) >= 11 is 0. The van der Waals surface area contributed by atoms with Gasteiger partial charge in [0.15, 0.2) is 0 Å². The van der Waals surface area contributed by atoms with Gasteiger partial charge in [-0.25, -0.2) is 0 Å². The van der Waals surface area contributed by atoms with Crippen LogP contribution >= 0.6 is 0 Å². The summed E-state index contributed by atoms with van der Waals surface area (Å²) < 4.78 is 6.57. The van der Waals surface area contributed by atoms with Crippen LogP contribution < -0.4 is 4.74 Å². The molecule has 0 radical (unpaired) electrons. The molecule has 2 saturated carbocycles. The van der Waals surface area contributed by atoms with Gasteiger partial charge in [0.1, 0.15) is 11.5 Å². The summed E-state index contributed by atoms with van der Waals surface area (Å²) in [4.78, 5) is 10.0. The highest BCUT2D eigenvalue weighted by Crippen LogP contribution is 2.36. The molecule has 0 bridgehead atoms. The van der Waals surface area contributed by atoms with E-state index in [2.05, 4.69) is 39.8 Å². The number of hydrogen-bond acceptors (Lipinski definition) is 3. The first-order chi connectivity index (χ1) is 21.1. The van der Waals surface area contributed by atoms with Gasteiger partial charge in [0.2, 0.25) is 0 Å². The Labute approximate surface area is 265 Å². The van der Waals surface area contributed by atoms with E-state index < -0.39 is 0 Å². The lowest BCUT2D eigenvalue weighted by atomic mass is 9.77. The number of unbranched alkanes of at least 4 members (excludes halogenated alkanes) is 4. The summed E-state index contributed by atoms with van der Waals surface area (Å²) in [5.74, 6) is 5.27. The number of aryl methyl sites for hydroxylation is 2. The second-order valence-electron chi connectivity index (χ2n) is 14.3. The lowest BCUT2D eigenvalue weighted by Gasteiger charge is -2.29. The van der Waals surface area contributed by atoms with Crippen LogP contribution in [-0.4, -0.2) is 9.97 Å². The number of hydrogen-bond donors (Lipinski definition) is 0. The van der Waals surface area contributed by atoms with Crippen molar-refractivity contribution in [2.45, 2.75) is 169 Å². The Morgan fingerprint density at radius 3 is 1.30 bits per heavy atom. The van der Waals surface area contributed by atoms with Gasteiger partial charge in [-0.05, 0) is 111 Å². The highest BCUT2D eigenvalue weighted by Gasteiger charge is 2.24. The van der Waals surface area contributed by atoms with Crippen LogP contribution in [0, 0.1) is 23.7 Å². The molecule has 4 rings (SSSR count). The van der Waals surface area contributed by atoms with Gasteiger partial charge >= 0.3 is 0 Å². The fourth-order valence-corrected chi connectivity index (χ4v) is 8.06. The SMILES string of the molecule is CCCCCc1ncc(Oc2cnc(CCCCC)c(CC3CCC(CCC)CC3)c2)cc1CC1CCC(CCC)CC1. The van der Waals surface area contributed by atoms with Crippen LogP contribution in [0.3, 0.4) is 0 Å². The fraction of sp³-hybridized carbons (Fsp3) is 0.750. The van der Waals surface area contributed by atoms with E-state index in [1.165, 1.54) is 138 Å². The molecule has 2 aliphatic carbocycles. The molecular weight excluding hydrogens is 524 g/mol. The van der Waals surface area contributed by atoms with Crippen molar-refractivity contribution in [3.05, 3.63) is 47.0 Å². The minimum atomic E-state index is 0.790. The Hall–Kier alpha value is -1.90. The molecule has 2 aromatic rings. The van der Waals surface area contributed by atoms with E-state index in [1.807, 2.05) is 12.4 Å². The normalized spacial score (nSPS) is 22.5. The van der Waals surface area contributed by atoms with Crippen LogP contribution in [0.1, 0.15) is 166 Å². The molecule has 0 unspecified atom stereocenters. The molecule has 0 N–H and O–H groups in total. The summed E-state index contributed by atoms with van der Waals surface area (Å²) in [6.07, 6.45) is 32.6. The van der Waals surface area contributed by atoms with Gasteiger partial charge < -0.3 is 4.74 Å². The maximum absolute atomic E-state index is 6.57. The molecule has 3 heteroatoms. The van der Waals surface area contributed by atoms with Gasteiger partial charge in [0.05, 0.1) is 12.4 Å². The maximum atomic E-state index is 6.57. The van der Waals surface area contributed by atoms with Crippen LogP contribution in [0.15, 0.2) is 24.5 Å². The van der Waals surface area contributed by atoms with Crippen molar-refractivity contribution < 1.29 is 4.74 Å². The van der Waals surface area contributed by atoms with Crippen LogP contribution in [-0.2, 0) is 25.7 Å². The van der Waals surface area contributed by atoms with Crippen LogP contribution in [0.4, 0.5) is 0 Å². The lowest BCUT2D eigenvalue weighted by Crippen LogP contribution is -2.17. The van der Waals surface area contributed by atoms with Crippen molar-refractivity contribution in [1.29, 1.82) is 0 Å². The lowest BCUT2D eigenvalue weighted by molar-refractivity contribution is 0.260. The van der Waals surface area contributed by atoms with Crippen molar-refractivity contribution >= 4 is 0 Å². The largest absolute Gasteiger partial charge is 0.454 e. The Morgan fingerprint density at radius 1 is 0.535 bits per heavy atom. The highest BCUT2D eigenvalue weighted by atomic mass is 16.5. The predicted octanol–water partition coefficient (Wildman–Crippen LogP) is 12.0. The van der Waals surface area contributed by atoms with Gasteiger partial charge in [0, 0.05) is 11.4 Å². The van der Waals surface area contributed by atoms with Gasteiger partial charge in [-0.3, -0.25) is 9.97 Å². The van der Waals surface area contributed by atoms with Crippen LogP contribution in [0.25, 0.3) is 0 Å². The topological polar surface area (TPSA) is 35.0 Å². The van der Waals surface area contributed by atoms with Gasteiger partial charge in [-0.15, -0.1) is 0 Å². The third-order valence-corrected chi connectivity index (χ3v) is 10.7. The summed E-state index contributed by atoms with van der Waals surface area (Å²) in [7, 11) is 0. The van der Waals surface area contributed by atoms with E-state index in [4.69, 9.17) is 14.7 Å². The van der Waals surface area contributed by atoms with Gasteiger partial charge in [-0.1, -0.05) is 105 Å². The smallest absolute Gasteiger partial charge is 0.146 e. The number of rotatable bonds is 18. The molecule has 0 saturated heterocycles. The number of nitrogens with zero attached hydrogens (tertiary/aromatic N) is 2. The van der Waals surface area contributed by atoms with Crippen molar-refractivity contribution in [3.63, 3.8) is 0 Å². The first-order valence-corrected chi connectivity index (χ1v) is 18.7. The van der Waals surface area contributed by atoms with Crippen molar-refractivity contribution in [2.24, 2.45) is 23.7 Å². The molecule has 2 aliphatic rings. The second kappa shape index (κ2) is 18.8. The third kappa shape index (κ3) is 11.2. The molecule has 0 aliphatic heterocycles. The molecule has 240 valence electrons. The van der Waals surface area contributed by atoms with E-state index in [0.717, 1.165) is 60.9 Å². The molecule has 2 fully saturated rings. The quantitative estimate of drug-likeness (QED) is 0.162. The van der Waals surface area contributed by atoms with Gasteiger partial charge in [0.25, 0.3) is 0 Å². The first-order valence-electron chi connectivity index (χ1n) is 18.7. The third-order valence-electron chi connectivity index (χ3n) is 10.7. The first kappa shape index (κ1) is 34.0. The Kier molecular flexibility index (Phi) is 14.9. The molecule has 2 heterocycles. The fourth-order valence-electron chi connectivity index (χ4n) is 8.06. The molecule has 0 amide bonds. The van der Waals surface area contributed by atoms with Crippen molar-refractivity contribution in [3.8, 4) is 11.5 Å². The summed E-state index contributed by atoms with van der Waals surface area (Å²) in [6, 6.07) is 4.66. The zero-order valence-electron chi connectivity index (χ0n) is 28.5. The van der Waals surface area contributed by atoms with Crippen LogP contribution in [0.2, 0.25) is 0 Å². The zero-order chi connectivity index (χ0) is 30.3. The van der Waals surface area contributed by atoms with Gasteiger partial charge in [-0.2, -0.15) is 0 Å². The number of pyridine rings is 2. The molecule has 0 atom stereocenters. The minimum absolute atomic E-state index is 0.790. The maximum Gasteiger partial charge on any atom is 0.146 e. The second-order valence-corrected chi connectivity index (χ2v) is 14.3. The molecule has 0 spiro atoms. The minimum Gasteiger partial charge on any atom is -0.454 e. The van der Waals surface area contributed by atoms with Crippen LogP contribution in [0.5, 0.6) is 11.5 Å². The zero-order valence-corrected chi connectivity index (χ0v) is 28.5. The summed E-state index contributed by atoms with van der Waals surface area (Å²) in [6.45, 7) is 9.25. The molecular formula is C40H64N2O.